The van der Waals surface area contributed by atoms with Crippen molar-refractivity contribution < 1.29 is 8.42 Å². The Morgan fingerprint density at radius 1 is 1.31 bits per heavy atom. The Morgan fingerprint density at radius 2 is 1.94 bits per heavy atom. The molecule has 1 aliphatic rings. The molecule has 1 saturated heterocycles. The molecule has 1 aromatic carbocycles. The van der Waals surface area contributed by atoms with E-state index in [0.717, 1.165) is 6.42 Å². The Kier molecular flexibility index (Phi) is 3.01. The quantitative estimate of drug-likeness (QED) is 0.728. The van der Waals surface area contributed by atoms with Crippen molar-refractivity contribution >= 4 is 10.2 Å². The van der Waals surface area contributed by atoms with Crippen LogP contribution in [0.5, 0.6) is 0 Å². The Balaban J connectivity index is 1.99. The number of benzene rings is 1. The molecule has 1 unspecified atom stereocenters. The van der Waals surface area contributed by atoms with E-state index >= 15 is 0 Å². The molecular weight excluding hydrogens is 224 g/mol. The summed E-state index contributed by atoms with van der Waals surface area (Å²) in [5.74, 6) is 0. The zero-order chi connectivity index (χ0) is 11.8. The maximum absolute atomic E-state index is 11.7. The van der Waals surface area contributed by atoms with Crippen LogP contribution in [0.2, 0.25) is 0 Å². The fourth-order valence-electron chi connectivity index (χ4n) is 1.71. The molecule has 0 N–H and O–H groups in total. The molecule has 4 nitrogen and oxygen atoms in total. The molecule has 1 fully saturated rings. The van der Waals surface area contributed by atoms with Crippen LogP contribution in [0.4, 0.5) is 0 Å². The maximum atomic E-state index is 11.7. The second kappa shape index (κ2) is 4.16. The molecule has 2 atom stereocenters. The Hall–Kier alpha value is -0.910. The van der Waals surface area contributed by atoms with Crippen molar-refractivity contribution in [2.75, 3.05) is 20.6 Å². The van der Waals surface area contributed by atoms with Crippen molar-refractivity contribution in [2.45, 2.75) is 12.5 Å². The molecule has 1 aromatic rings. The highest BCUT2D eigenvalue weighted by molar-refractivity contribution is 7.87. The van der Waals surface area contributed by atoms with E-state index < -0.39 is 10.2 Å². The van der Waals surface area contributed by atoms with Crippen molar-refractivity contribution in [3.8, 4) is 0 Å². The van der Waals surface area contributed by atoms with Crippen LogP contribution in [0.25, 0.3) is 0 Å². The van der Waals surface area contributed by atoms with Crippen LogP contribution in [0.1, 0.15) is 5.56 Å². The van der Waals surface area contributed by atoms with Crippen LogP contribution in [0.15, 0.2) is 30.3 Å². The first-order valence-electron chi connectivity index (χ1n) is 5.25. The van der Waals surface area contributed by atoms with Gasteiger partial charge in [0.1, 0.15) is 0 Å². The minimum absolute atomic E-state index is 0.134. The smallest absolute Gasteiger partial charge is 0.195 e. The third-order valence-electron chi connectivity index (χ3n) is 2.74. The van der Waals surface area contributed by atoms with Gasteiger partial charge in [-0.3, -0.25) is 0 Å². The summed E-state index contributed by atoms with van der Waals surface area (Å²) in [7, 11) is -0.0808. The third kappa shape index (κ3) is 2.26. The fraction of sp³-hybridized carbons (Fsp3) is 0.455. The summed E-state index contributed by atoms with van der Waals surface area (Å²) in [5, 5.41) is 0. The first kappa shape index (κ1) is 11.6. The monoisotopic (exact) mass is 240 g/mol. The van der Waals surface area contributed by atoms with Gasteiger partial charge in [-0.25, -0.2) is 0 Å². The highest BCUT2D eigenvalue weighted by atomic mass is 32.2. The van der Waals surface area contributed by atoms with Gasteiger partial charge in [0, 0.05) is 26.7 Å². The van der Waals surface area contributed by atoms with Crippen LogP contribution in [-0.4, -0.2) is 43.7 Å². The Morgan fingerprint density at radius 3 is 2.50 bits per heavy atom. The van der Waals surface area contributed by atoms with Gasteiger partial charge in [-0.2, -0.15) is 17.0 Å². The number of hydrogen-bond acceptors (Lipinski definition) is 2. The van der Waals surface area contributed by atoms with Crippen LogP contribution in [0.3, 0.4) is 0 Å². The van der Waals surface area contributed by atoms with Crippen molar-refractivity contribution in [3.05, 3.63) is 35.9 Å². The highest BCUT2D eigenvalue weighted by Crippen LogP contribution is 2.26. The predicted molar refractivity (Wildman–Crippen MR) is 63.2 cm³/mol. The molecule has 2 rings (SSSR count). The van der Waals surface area contributed by atoms with Gasteiger partial charge in [0.25, 0.3) is 10.2 Å². The van der Waals surface area contributed by atoms with Crippen molar-refractivity contribution in [3.63, 3.8) is 0 Å². The topological polar surface area (TPSA) is 40.4 Å². The van der Waals surface area contributed by atoms with E-state index in [1.54, 1.807) is 14.1 Å². The molecule has 0 radical (unpaired) electrons. The van der Waals surface area contributed by atoms with E-state index in [1.165, 1.54) is 14.2 Å². The molecule has 0 aliphatic carbocycles. The molecule has 0 aromatic heterocycles. The summed E-state index contributed by atoms with van der Waals surface area (Å²) in [5.41, 5.74) is 1.18. The Bertz CT molecular complexity index is 456. The van der Waals surface area contributed by atoms with Gasteiger partial charge in [0.2, 0.25) is 0 Å². The lowest BCUT2D eigenvalue weighted by Gasteiger charge is -2.12. The number of nitrogens with zero attached hydrogens (tertiary/aromatic N) is 2. The predicted octanol–water partition coefficient (Wildman–Crippen LogP) is 0.720. The first-order valence-corrected chi connectivity index (χ1v) is 6.65. The lowest BCUT2D eigenvalue weighted by Crippen LogP contribution is -2.30. The molecule has 0 amide bonds. The largest absolute Gasteiger partial charge is 0.281 e. The summed E-state index contributed by atoms with van der Waals surface area (Å²) < 4.78 is 26.3. The summed E-state index contributed by atoms with van der Waals surface area (Å²) in [6, 6.07) is 10.1. The van der Waals surface area contributed by atoms with Gasteiger partial charge >= 0.3 is 0 Å². The van der Waals surface area contributed by atoms with Crippen LogP contribution < -0.4 is 0 Å². The van der Waals surface area contributed by atoms with Gasteiger partial charge in [-0.1, -0.05) is 30.3 Å². The molecule has 1 heterocycles. The van der Waals surface area contributed by atoms with Crippen LogP contribution in [-0.2, 0) is 16.6 Å². The van der Waals surface area contributed by atoms with Gasteiger partial charge in [0.15, 0.2) is 0 Å². The van der Waals surface area contributed by atoms with E-state index in [4.69, 9.17) is 0 Å². The Labute approximate surface area is 96.7 Å². The van der Waals surface area contributed by atoms with E-state index in [2.05, 4.69) is 0 Å². The lowest BCUT2D eigenvalue weighted by atomic mass is 10.1. The summed E-state index contributed by atoms with van der Waals surface area (Å²) >= 11 is 0. The molecule has 5 heteroatoms. The SMILES string of the molecule is CN(C)S(=O)(=O)N1C[C@H]1Cc1ccccc1. The summed E-state index contributed by atoms with van der Waals surface area (Å²) in [6.45, 7) is 0.634. The second-order valence-electron chi connectivity index (χ2n) is 4.20. The van der Waals surface area contributed by atoms with Gasteiger partial charge in [-0.15, -0.1) is 0 Å². The average Bonchev–Trinajstić information content (AvgIpc) is 2.99. The van der Waals surface area contributed by atoms with E-state index in [1.807, 2.05) is 30.3 Å². The average molecular weight is 240 g/mol. The van der Waals surface area contributed by atoms with Crippen molar-refractivity contribution in [2.24, 2.45) is 0 Å². The molecule has 88 valence electrons. The number of hydrogen-bond donors (Lipinski definition) is 0. The minimum atomic E-state index is -3.21. The third-order valence-corrected chi connectivity index (χ3v) is 4.70. The van der Waals surface area contributed by atoms with E-state index in [-0.39, 0.29) is 6.04 Å². The summed E-state index contributed by atoms with van der Waals surface area (Å²) in [6.07, 6.45) is 0.800. The van der Waals surface area contributed by atoms with Gasteiger partial charge in [0.05, 0.1) is 0 Å². The standard InChI is InChI=1S/C11H16N2O2S/c1-12(2)16(14,15)13-9-11(13)8-10-6-4-3-5-7-10/h3-7,11H,8-9H2,1-2H3/t11-,13?/m1/s1. The summed E-state index contributed by atoms with van der Waals surface area (Å²) in [4.78, 5) is 0. The zero-order valence-electron chi connectivity index (χ0n) is 9.50. The molecule has 1 aliphatic heterocycles. The molecule has 0 bridgehead atoms. The van der Waals surface area contributed by atoms with Crippen molar-refractivity contribution in [1.29, 1.82) is 0 Å². The van der Waals surface area contributed by atoms with Crippen LogP contribution in [0, 0.1) is 0 Å². The maximum Gasteiger partial charge on any atom is 0.281 e. The molecule has 16 heavy (non-hydrogen) atoms. The molecule has 0 saturated carbocycles. The van der Waals surface area contributed by atoms with Crippen molar-refractivity contribution in [1.82, 2.24) is 8.61 Å². The second-order valence-corrected chi connectivity index (χ2v) is 6.30. The highest BCUT2D eigenvalue weighted by Gasteiger charge is 2.44. The minimum Gasteiger partial charge on any atom is -0.195 e. The number of rotatable bonds is 4. The first-order chi connectivity index (χ1) is 7.51. The van der Waals surface area contributed by atoms with E-state index in [9.17, 15) is 8.42 Å². The normalized spacial score (nSPS) is 24.7. The lowest BCUT2D eigenvalue weighted by molar-refractivity contribution is 0.477. The fourth-order valence-corrected chi connectivity index (χ4v) is 2.94. The molecule has 0 spiro atoms. The van der Waals surface area contributed by atoms with Gasteiger partial charge in [-0.05, 0) is 12.0 Å². The van der Waals surface area contributed by atoms with Crippen LogP contribution >= 0.6 is 0 Å². The molecular formula is C11H16N2O2S. The van der Waals surface area contributed by atoms with Gasteiger partial charge < -0.3 is 0 Å². The van der Waals surface area contributed by atoms with E-state index in [0.29, 0.717) is 6.54 Å². The zero-order valence-corrected chi connectivity index (χ0v) is 10.3.